The number of aryl methyl sites for hydroxylation is 1. The quantitative estimate of drug-likeness (QED) is 0.785. The van der Waals surface area contributed by atoms with Gasteiger partial charge in [-0.1, -0.05) is 6.42 Å². The minimum absolute atomic E-state index is 0.0443. The molecule has 8 heteroatoms. The maximum absolute atomic E-state index is 13.0. The molecule has 1 aromatic heterocycles. The lowest BCUT2D eigenvalue weighted by Gasteiger charge is -2.44. The van der Waals surface area contributed by atoms with E-state index in [0.717, 1.165) is 51.1 Å². The van der Waals surface area contributed by atoms with E-state index >= 15 is 0 Å². The number of amides is 2. The van der Waals surface area contributed by atoms with Crippen LogP contribution < -0.4 is 5.32 Å². The maximum atomic E-state index is 13.0. The first kappa shape index (κ1) is 17.5. The monoisotopic (exact) mass is 360 g/mol. The first-order valence-corrected chi connectivity index (χ1v) is 9.83. The van der Waals surface area contributed by atoms with Gasteiger partial charge in [-0.05, 0) is 39.2 Å². The molecule has 0 aromatic carbocycles. The highest BCUT2D eigenvalue weighted by molar-refractivity contribution is 5.92. The van der Waals surface area contributed by atoms with Crippen LogP contribution in [0.2, 0.25) is 0 Å². The van der Waals surface area contributed by atoms with Crippen molar-refractivity contribution in [2.45, 2.75) is 57.0 Å². The molecule has 0 unspecified atom stereocenters. The topological polar surface area (TPSA) is 83.4 Å². The molecule has 0 aliphatic carbocycles. The van der Waals surface area contributed by atoms with E-state index in [1.807, 2.05) is 16.5 Å². The Morgan fingerprint density at radius 2 is 1.85 bits per heavy atom. The number of hydrogen-bond donors (Lipinski definition) is 1. The molecular formula is C18H28N6O2. The summed E-state index contributed by atoms with van der Waals surface area (Å²) in [4.78, 5) is 29.7. The first-order valence-electron chi connectivity index (χ1n) is 9.83. The number of nitrogens with one attached hydrogen (secondary N) is 1. The van der Waals surface area contributed by atoms with Gasteiger partial charge in [-0.2, -0.15) is 0 Å². The third-order valence-corrected chi connectivity index (χ3v) is 6.29. The zero-order chi connectivity index (χ0) is 18.1. The lowest BCUT2D eigenvalue weighted by atomic mass is 9.85. The van der Waals surface area contributed by atoms with Gasteiger partial charge in [0.2, 0.25) is 11.7 Å². The predicted molar refractivity (Wildman–Crippen MR) is 95.7 cm³/mol. The van der Waals surface area contributed by atoms with Crippen molar-refractivity contribution in [1.82, 2.24) is 29.9 Å². The van der Waals surface area contributed by atoms with Gasteiger partial charge in [0.1, 0.15) is 11.4 Å². The number of fused-ring (bicyclic) bond motifs is 1. The second-order valence-electron chi connectivity index (χ2n) is 7.76. The molecule has 4 rings (SSSR count). The number of hydrogen-bond acceptors (Lipinski definition) is 5. The zero-order valence-electron chi connectivity index (χ0n) is 15.5. The van der Waals surface area contributed by atoms with Gasteiger partial charge in [-0.15, -0.1) is 10.2 Å². The van der Waals surface area contributed by atoms with Crippen LogP contribution in [0.4, 0.5) is 0 Å². The fourth-order valence-electron chi connectivity index (χ4n) is 4.54. The van der Waals surface area contributed by atoms with Crippen LogP contribution in [0.25, 0.3) is 0 Å². The Kier molecular flexibility index (Phi) is 4.69. The van der Waals surface area contributed by atoms with Crippen molar-refractivity contribution < 1.29 is 9.59 Å². The summed E-state index contributed by atoms with van der Waals surface area (Å²) < 4.78 is 2.00. The molecule has 2 amide bonds. The second kappa shape index (κ2) is 6.98. The Morgan fingerprint density at radius 3 is 2.65 bits per heavy atom. The van der Waals surface area contributed by atoms with Crippen molar-refractivity contribution in [2.24, 2.45) is 0 Å². The smallest absolute Gasteiger partial charge is 0.291 e. The van der Waals surface area contributed by atoms with E-state index < -0.39 is 5.54 Å². The number of likely N-dealkylation sites (N-methyl/N-ethyl adjacent to an activating group) is 1. The highest BCUT2D eigenvalue weighted by Gasteiger charge is 2.46. The number of carbonyl (C=O) groups excluding carboxylic acids is 2. The molecule has 3 aliphatic heterocycles. The Hall–Kier alpha value is -1.96. The molecule has 4 heterocycles. The van der Waals surface area contributed by atoms with E-state index in [1.54, 1.807) is 0 Å². The van der Waals surface area contributed by atoms with Crippen molar-refractivity contribution in [3.63, 3.8) is 0 Å². The van der Waals surface area contributed by atoms with Crippen LogP contribution in [0.5, 0.6) is 0 Å². The molecule has 1 N–H and O–H groups in total. The lowest BCUT2D eigenvalue weighted by Crippen LogP contribution is -2.61. The fourth-order valence-corrected chi connectivity index (χ4v) is 4.54. The van der Waals surface area contributed by atoms with Crippen LogP contribution in [0.3, 0.4) is 0 Å². The number of aromatic nitrogens is 3. The highest BCUT2D eigenvalue weighted by Crippen LogP contribution is 2.30. The van der Waals surface area contributed by atoms with Gasteiger partial charge in [0.05, 0.1) is 0 Å². The molecule has 3 aliphatic rings. The maximum Gasteiger partial charge on any atom is 0.291 e. The molecule has 2 saturated heterocycles. The molecule has 142 valence electrons. The molecule has 8 nitrogen and oxygen atoms in total. The molecule has 1 spiro atoms. The first-order chi connectivity index (χ1) is 12.6. The van der Waals surface area contributed by atoms with Crippen molar-refractivity contribution in [3.05, 3.63) is 11.6 Å². The van der Waals surface area contributed by atoms with Gasteiger partial charge in [0, 0.05) is 39.1 Å². The Balaban J connectivity index is 1.49. The molecule has 0 bridgehead atoms. The number of piperidine rings is 1. The Morgan fingerprint density at radius 1 is 1.04 bits per heavy atom. The van der Waals surface area contributed by atoms with Crippen LogP contribution in [0, 0.1) is 0 Å². The Bertz CT molecular complexity index is 692. The number of rotatable bonds is 1. The third-order valence-electron chi connectivity index (χ3n) is 6.29. The van der Waals surface area contributed by atoms with Gasteiger partial charge in [-0.25, -0.2) is 0 Å². The molecular weight excluding hydrogens is 332 g/mol. The number of nitrogens with zero attached hydrogens (tertiary/aromatic N) is 5. The van der Waals surface area contributed by atoms with Gasteiger partial charge < -0.3 is 14.8 Å². The van der Waals surface area contributed by atoms with Crippen molar-refractivity contribution >= 4 is 11.8 Å². The lowest BCUT2D eigenvalue weighted by molar-refractivity contribution is -0.134. The average molecular weight is 360 g/mol. The molecule has 0 atom stereocenters. The van der Waals surface area contributed by atoms with E-state index in [9.17, 15) is 9.59 Å². The van der Waals surface area contributed by atoms with Crippen molar-refractivity contribution in [2.75, 3.05) is 33.2 Å². The van der Waals surface area contributed by atoms with Crippen LogP contribution in [0.15, 0.2) is 0 Å². The van der Waals surface area contributed by atoms with E-state index in [2.05, 4.69) is 20.4 Å². The molecule has 0 saturated carbocycles. The molecule has 0 radical (unpaired) electrons. The summed E-state index contributed by atoms with van der Waals surface area (Å²) in [6.45, 7) is 3.63. The van der Waals surface area contributed by atoms with E-state index in [4.69, 9.17) is 0 Å². The van der Waals surface area contributed by atoms with Crippen LogP contribution in [0.1, 0.15) is 55.0 Å². The zero-order valence-corrected chi connectivity index (χ0v) is 15.5. The van der Waals surface area contributed by atoms with Crippen LogP contribution in [-0.4, -0.2) is 75.1 Å². The summed E-state index contributed by atoms with van der Waals surface area (Å²) in [5.74, 6) is 1.47. The van der Waals surface area contributed by atoms with Crippen LogP contribution in [-0.2, 0) is 17.8 Å². The molecule has 2 fully saturated rings. The normalized spacial score (nSPS) is 23.9. The highest BCUT2D eigenvalue weighted by atomic mass is 16.2. The van der Waals surface area contributed by atoms with E-state index in [0.29, 0.717) is 31.8 Å². The van der Waals surface area contributed by atoms with Gasteiger partial charge >= 0.3 is 0 Å². The minimum atomic E-state index is -0.477. The fraction of sp³-hybridized carbons (Fsp3) is 0.778. The summed E-state index contributed by atoms with van der Waals surface area (Å²) in [7, 11) is 2.03. The standard InChI is InChI=1S/C18H28N6O2/c1-22-10-5-9-19-17(26)18(22)7-12-23(13-8-18)16(25)15-21-20-14-6-3-2-4-11-24(14)15/h2-13H2,1H3,(H,19,26). The Labute approximate surface area is 153 Å². The van der Waals surface area contributed by atoms with Crippen molar-refractivity contribution in [1.29, 1.82) is 0 Å². The van der Waals surface area contributed by atoms with Crippen molar-refractivity contribution in [3.8, 4) is 0 Å². The van der Waals surface area contributed by atoms with Crippen LogP contribution >= 0.6 is 0 Å². The summed E-state index contributed by atoms with van der Waals surface area (Å²) >= 11 is 0. The average Bonchev–Trinajstić information content (AvgIpc) is 2.84. The summed E-state index contributed by atoms with van der Waals surface area (Å²) in [5.41, 5.74) is -0.477. The SMILES string of the molecule is CN1CCCNC(=O)C12CCN(C(=O)c1nnc3n1CCCCC3)CC2. The molecule has 1 aromatic rings. The second-order valence-corrected chi connectivity index (χ2v) is 7.76. The summed E-state index contributed by atoms with van der Waals surface area (Å²) in [5, 5.41) is 11.5. The largest absolute Gasteiger partial charge is 0.354 e. The van der Waals surface area contributed by atoms with E-state index in [1.165, 1.54) is 6.42 Å². The van der Waals surface area contributed by atoms with Gasteiger partial charge in [0.25, 0.3) is 5.91 Å². The molecule has 26 heavy (non-hydrogen) atoms. The van der Waals surface area contributed by atoms with E-state index in [-0.39, 0.29) is 11.8 Å². The third kappa shape index (κ3) is 2.90. The summed E-state index contributed by atoms with van der Waals surface area (Å²) in [6.07, 6.45) is 6.56. The number of likely N-dealkylation sites (tertiary alicyclic amines) is 1. The predicted octanol–water partition coefficient (Wildman–Crippen LogP) is 0.431. The summed E-state index contributed by atoms with van der Waals surface area (Å²) in [6, 6.07) is 0. The van der Waals surface area contributed by atoms with Gasteiger partial charge in [0.15, 0.2) is 0 Å². The number of carbonyl (C=O) groups is 2. The minimum Gasteiger partial charge on any atom is -0.354 e. The van der Waals surface area contributed by atoms with Gasteiger partial charge in [-0.3, -0.25) is 14.5 Å².